The van der Waals surface area contributed by atoms with Crippen LogP contribution in [0.5, 0.6) is 5.75 Å². The molecule has 1 aromatic heterocycles. The number of methoxy groups -OCH3 is 1. The van der Waals surface area contributed by atoms with Gasteiger partial charge in [-0.2, -0.15) is 0 Å². The number of nitrogens with zero attached hydrogens (tertiary/aromatic N) is 2. The van der Waals surface area contributed by atoms with Gasteiger partial charge in [-0.1, -0.05) is 0 Å². The zero-order valence-corrected chi connectivity index (χ0v) is 20.5. The standard InChI is InChI=1S/C25H26N4O5S/c1-28-11-9-19-16(14-35(3,32)33)12-15-13-29(25(31)27-17-4-6-18(34-2)7-5-17)20-8-10-26-23(21(15)20)22(19)24(28)30/h4-7,9,11-13,20,26H,8,10,14H2,1-3H3,(H,27,31). The van der Waals surface area contributed by atoms with Crippen molar-refractivity contribution < 1.29 is 17.9 Å². The number of carbonyl (C=O) groups excluding carboxylic acids is 1. The highest BCUT2D eigenvalue weighted by Crippen LogP contribution is 2.42. The van der Waals surface area contributed by atoms with Crippen LogP contribution in [0.15, 0.2) is 64.7 Å². The fourth-order valence-corrected chi connectivity index (χ4v) is 5.67. The van der Waals surface area contributed by atoms with Gasteiger partial charge in [0.15, 0.2) is 9.84 Å². The number of ether oxygens (including phenoxy) is 1. The van der Waals surface area contributed by atoms with Crippen LogP contribution >= 0.6 is 0 Å². The second-order valence-electron chi connectivity index (χ2n) is 8.93. The van der Waals surface area contributed by atoms with Crippen molar-refractivity contribution in [3.63, 3.8) is 0 Å². The van der Waals surface area contributed by atoms with E-state index in [1.165, 1.54) is 10.8 Å². The molecule has 1 atom stereocenters. The first kappa shape index (κ1) is 23.0. The molecular weight excluding hydrogens is 468 g/mol. The number of fused-ring (bicyclic) bond motifs is 2. The minimum absolute atomic E-state index is 0.215. The lowest BCUT2D eigenvalue weighted by Gasteiger charge is -2.31. The Morgan fingerprint density at radius 2 is 1.97 bits per heavy atom. The number of sulfone groups is 1. The summed E-state index contributed by atoms with van der Waals surface area (Å²) in [5.41, 5.74) is 4.16. The van der Waals surface area contributed by atoms with E-state index in [0.717, 1.165) is 11.1 Å². The average Bonchev–Trinajstić information content (AvgIpc) is 3.12. The number of pyridine rings is 1. The fourth-order valence-electron chi connectivity index (χ4n) is 4.87. The van der Waals surface area contributed by atoms with Crippen molar-refractivity contribution in [1.82, 2.24) is 14.8 Å². The lowest BCUT2D eigenvalue weighted by Crippen LogP contribution is -2.42. The second-order valence-corrected chi connectivity index (χ2v) is 11.1. The summed E-state index contributed by atoms with van der Waals surface area (Å²) in [6, 6.07) is 8.23. The summed E-state index contributed by atoms with van der Waals surface area (Å²) in [6.07, 6.45) is 7.00. The minimum Gasteiger partial charge on any atom is -0.497 e. The molecule has 0 spiro atoms. The molecule has 0 fully saturated rings. The number of allylic oxidation sites excluding steroid dienone is 1. The number of urea groups is 1. The third-order valence-corrected chi connectivity index (χ3v) is 7.27. The van der Waals surface area contributed by atoms with Crippen molar-refractivity contribution in [2.75, 3.05) is 31.0 Å². The van der Waals surface area contributed by atoms with Crippen LogP contribution in [0.3, 0.4) is 0 Å². The summed E-state index contributed by atoms with van der Waals surface area (Å²) in [7, 11) is -0.136. The number of aromatic nitrogens is 1. The topological polar surface area (TPSA) is 110 Å². The molecule has 2 aliphatic heterocycles. The maximum Gasteiger partial charge on any atom is 0.326 e. The molecule has 35 heavy (non-hydrogen) atoms. The largest absolute Gasteiger partial charge is 0.497 e. The molecule has 0 bridgehead atoms. The molecule has 0 saturated carbocycles. The van der Waals surface area contributed by atoms with Crippen LogP contribution < -0.4 is 20.9 Å². The van der Waals surface area contributed by atoms with E-state index in [1.807, 2.05) is 0 Å². The minimum atomic E-state index is -3.38. The highest BCUT2D eigenvalue weighted by Gasteiger charge is 2.40. The van der Waals surface area contributed by atoms with Crippen LogP contribution in [0, 0.1) is 0 Å². The predicted molar refractivity (Wildman–Crippen MR) is 135 cm³/mol. The van der Waals surface area contributed by atoms with Crippen molar-refractivity contribution >= 4 is 32.8 Å². The molecule has 9 nitrogen and oxygen atoms in total. The number of benzene rings is 1. The van der Waals surface area contributed by atoms with E-state index in [1.54, 1.807) is 67.9 Å². The molecule has 182 valence electrons. The molecule has 2 N–H and O–H groups in total. The first-order valence-corrected chi connectivity index (χ1v) is 13.2. The predicted octanol–water partition coefficient (Wildman–Crippen LogP) is 2.34. The first-order chi connectivity index (χ1) is 16.7. The van der Waals surface area contributed by atoms with Gasteiger partial charge in [0.2, 0.25) is 0 Å². The number of amides is 2. The van der Waals surface area contributed by atoms with E-state index in [4.69, 9.17) is 4.74 Å². The van der Waals surface area contributed by atoms with Crippen molar-refractivity contribution in [1.29, 1.82) is 0 Å². The molecule has 5 rings (SSSR count). The van der Waals surface area contributed by atoms with Crippen molar-refractivity contribution in [2.24, 2.45) is 7.05 Å². The van der Waals surface area contributed by atoms with Crippen LogP contribution in [-0.4, -0.2) is 55.6 Å². The Labute approximate surface area is 203 Å². The van der Waals surface area contributed by atoms with Crippen LogP contribution in [-0.2, 0) is 16.9 Å². The third kappa shape index (κ3) is 4.14. The van der Waals surface area contributed by atoms with Gasteiger partial charge in [-0.15, -0.1) is 0 Å². The molecule has 1 aliphatic carbocycles. The summed E-state index contributed by atoms with van der Waals surface area (Å²) in [4.78, 5) is 28.2. The van der Waals surface area contributed by atoms with Crippen molar-refractivity contribution in [2.45, 2.75) is 12.5 Å². The number of anilines is 1. The number of hydrogen-bond donors (Lipinski definition) is 2. The number of aryl methyl sites for hydroxylation is 1. The Kier molecular flexibility index (Phi) is 5.55. The zero-order chi connectivity index (χ0) is 24.9. The number of hydrogen-bond acceptors (Lipinski definition) is 6. The van der Waals surface area contributed by atoms with E-state index in [2.05, 4.69) is 10.6 Å². The lowest BCUT2D eigenvalue weighted by molar-refractivity contribution is 0.220. The molecule has 2 aromatic rings. The number of carbonyl (C=O) groups is 1. The molecule has 3 aliphatic rings. The normalized spacial score (nSPS) is 18.6. The Balaban J connectivity index is 1.61. The monoisotopic (exact) mass is 494 g/mol. The van der Waals surface area contributed by atoms with Gasteiger partial charge in [0, 0.05) is 43.5 Å². The van der Waals surface area contributed by atoms with E-state index in [-0.39, 0.29) is 23.4 Å². The Bertz CT molecular complexity index is 1480. The molecule has 2 amide bonds. The summed E-state index contributed by atoms with van der Waals surface area (Å²) >= 11 is 0. The van der Waals surface area contributed by atoms with Gasteiger partial charge in [-0.3, -0.25) is 9.69 Å². The third-order valence-electron chi connectivity index (χ3n) is 6.43. The maximum atomic E-state index is 13.3. The molecule has 1 unspecified atom stereocenters. The summed E-state index contributed by atoms with van der Waals surface area (Å²) in [5.74, 6) is 0.471. The highest BCUT2D eigenvalue weighted by molar-refractivity contribution is 7.91. The van der Waals surface area contributed by atoms with E-state index < -0.39 is 9.84 Å². The van der Waals surface area contributed by atoms with Gasteiger partial charge in [0.05, 0.1) is 30.2 Å². The SMILES string of the molecule is COc1ccc(NC(=O)N2C=C3C=C(CS(C)(=O)=O)c4ccn(C)c(=O)c4C4=C3C2CCN4)cc1. The van der Waals surface area contributed by atoms with Crippen molar-refractivity contribution in [3.8, 4) is 5.75 Å². The molecule has 0 saturated heterocycles. The highest BCUT2D eigenvalue weighted by atomic mass is 32.2. The average molecular weight is 495 g/mol. The Morgan fingerprint density at radius 1 is 1.23 bits per heavy atom. The zero-order valence-electron chi connectivity index (χ0n) is 19.7. The fraction of sp³-hybridized carbons (Fsp3) is 0.280. The molecular formula is C25H26N4O5S. The van der Waals surface area contributed by atoms with Crippen LogP contribution in [0.25, 0.3) is 11.3 Å². The van der Waals surface area contributed by atoms with Crippen LogP contribution in [0.4, 0.5) is 10.5 Å². The molecule has 1 aromatic carbocycles. The van der Waals surface area contributed by atoms with E-state index in [0.29, 0.717) is 46.8 Å². The maximum absolute atomic E-state index is 13.3. The van der Waals surface area contributed by atoms with Gasteiger partial charge in [-0.05, 0) is 59.5 Å². The van der Waals surface area contributed by atoms with Crippen molar-refractivity contribution in [3.05, 3.63) is 81.4 Å². The van der Waals surface area contributed by atoms with Gasteiger partial charge >= 0.3 is 6.03 Å². The Morgan fingerprint density at radius 3 is 2.66 bits per heavy atom. The molecule has 3 heterocycles. The van der Waals surface area contributed by atoms with E-state index >= 15 is 0 Å². The molecule has 0 radical (unpaired) electrons. The molecule has 10 heteroatoms. The second kappa shape index (κ2) is 8.46. The quantitative estimate of drug-likeness (QED) is 0.675. The van der Waals surface area contributed by atoms with Gasteiger partial charge in [0.1, 0.15) is 5.75 Å². The Hall–Kier alpha value is -3.79. The lowest BCUT2D eigenvalue weighted by atomic mass is 9.92. The number of nitrogens with one attached hydrogen (secondary N) is 2. The summed E-state index contributed by atoms with van der Waals surface area (Å²) in [6.45, 7) is 0.565. The van der Waals surface area contributed by atoms with Crippen LogP contribution in [0.1, 0.15) is 17.5 Å². The smallest absolute Gasteiger partial charge is 0.326 e. The van der Waals surface area contributed by atoms with Gasteiger partial charge < -0.3 is 19.9 Å². The number of rotatable bonds is 4. The van der Waals surface area contributed by atoms with Crippen LogP contribution in [0.2, 0.25) is 0 Å². The van der Waals surface area contributed by atoms with Gasteiger partial charge in [-0.25, -0.2) is 13.2 Å². The first-order valence-electron chi connectivity index (χ1n) is 11.2. The van der Waals surface area contributed by atoms with Gasteiger partial charge in [0.25, 0.3) is 5.56 Å². The summed E-state index contributed by atoms with van der Waals surface area (Å²) < 4.78 is 31.2. The summed E-state index contributed by atoms with van der Waals surface area (Å²) in [5, 5.41) is 6.28. The van der Waals surface area contributed by atoms with E-state index in [9.17, 15) is 18.0 Å².